The van der Waals surface area contributed by atoms with Crippen molar-refractivity contribution in [3.63, 3.8) is 0 Å². The molecule has 3 rings (SSSR count). The number of halogens is 3. The first-order valence-corrected chi connectivity index (χ1v) is 13.1. The summed E-state index contributed by atoms with van der Waals surface area (Å²) in [5.41, 5.74) is -0.952. The monoisotopic (exact) mass is 503 g/mol. The number of aryl methyl sites for hydroxylation is 1. The largest absolute Gasteiger partial charge is 0.363 e. The lowest BCUT2D eigenvalue weighted by Gasteiger charge is -2.21. The molecule has 0 aliphatic rings. The van der Waals surface area contributed by atoms with Crippen LogP contribution in [0.5, 0.6) is 0 Å². The second kappa shape index (κ2) is 8.74. The van der Waals surface area contributed by atoms with Gasteiger partial charge in [0.1, 0.15) is 17.5 Å². The number of hydrogen-bond acceptors (Lipinski definition) is 8. The Kier molecular flexibility index (Phi) is 6.53. The Morgan fingerprint density at radius 3 is 2.21 bits per heavy atom. The summed E-state index contributed by atoms with van der Waals surface area (Å²) >= 11 is 0. The molecule has 0 fully saturated rings. The summed E-state index contributed by atoms with van der Waals surface area (Å²) in [5, 5.41) is 3.05. The number of nitrogens with zero attached hydrogens (tertiary/aromatic N) is 4. The van der Waals surface area contributed by atoms with E-state index in [1.54, 1.807) is 6.92 Å². The van der Waals surface area contributed by atoms with Crippen molar-refractivity contribution in [2.45, 2.75) is 26.3 Å². The minimum absolute atomic E-state index is 0.0461. The zero-order valence-electron chi connectivity index (χ0n) is 17.9. The summed E-state index contributed by atoms with van der Waals surface area (Å²) in [6, 6.07) is 4.00. The van der Waals surface area contributed by atoms with Gasteiger partial charge >= 0.3 is 0 Å². The van der Waals surface area contributed by atoms with Crippen LogP contribution in [0.2, 0.25) is 0 Å². The Morgan fingerprint density at radius 1 is 1.03 bits per heavy atom. The predicted octanol–water partition coefficient (Wildman–Crippen LogP) is 3.31. The average Bonchev–Trinajstić information content (AvgIpc) is 2.66. The van der Waals surface area contributed by atoms with Crippen LogP contribution >= 0.6 is 0 Å². The first-order valence-electron chi connectivity index (χ1n) is 9.38. The van der Waals surface area contributed by atoms with Crippen LogP contribution in [0.1, 0.15) is 36.3 Å². The van der Waals surface area contributed by atoms with E-state index in [1.807, 2.05) is 0 Å². The van der Waals surface area contributed by atoms with E-state index >= 15 is 0 Å². The fourth-order valence-electron chi connectivity index (χ4n) is 3.30. The van der Waals surface area contributed by atoms with Crippen LogP contribution in [-0.4, -0.2) is 44.3 Å². The molecule has 3 aromatic rings. The van der Waals surface area contributed by atoms with Gasteiger partial charge in [0.15, 0.2) is 5.65 Å². The Morgan fingerprint density at radius 2 is 1.64 bits per heavy atom. The molecule has 0 amide bonds. The summed E-state index contributed by atoms with van der Waals surface area (Å²) in [6.07, 6.45) is -0.507. The van der Waals surface area contributed by atoms with Gasteiger partial charge in [0.2, 0.25) is 20.0 Å². The number of hydrogen-bond donors (Lipinski definition) is 1. The number of rotatable bonds is 7. The molecule has 0 aliphatic heterocycles. The maximum atomic E-state index is 14.6. The first kappa shape index (κ1) is 24.6. The van der Waals surface area contributed by atoms with Crippen LogP contribution < -0.4 is 9.03 Å². The minimum Gasteiger partial charge on any atom is -0.363 e. The molecular formula is C19H20F3N5O4S2. The maximum Gasteiger partial charge on any atom is 0.266 e. The molecule has 14 heteroatoms. The topological polar surface area (TPSA) is 122 Å². The molecule has 1 aromatic carbocycles. The molecule has 2 heterocycles. The van der Waals surface area contributed by atoms with E-state index < -0.39 is 43.9 Å². The molecule has 0 radical (unpaired) electrons. The van der Waals surface area contributed by atoms with E-state index in [0.717, 1.165) is 24.8 Å². The first-order chi connectivity index (χ1) is 15.2. The van der Waals surface area contributed by atoms with E-state index in [1.165, 1.54) is 25.1 Å². The van der Waals surface area contributed by atoms with Gasteiger partial charge in [0, 0.05) is 5.56 Å². The number of sulfonamides is 2. The molecule has 1 atom stereocenters. The van der Waals surface area contributed by atoms with Gasteiger partial charge in [-0.05, 0) is 19.9 Å². The number of anilines is 2. The fraction of sp³-hybridized carbons (Fsp3) is 0.316. The molecule has 178 valence electrons. The van der Waals surface area contributed by atoms with Crippen molar-refractivity contribution >= 4 is 42.6 Å². The van der Waals surface area contributed by atoms with E-state index in [2.05, 4.69) is 20.3 Å². The van der Waals surface area contributed by atoms with Gasteiger partial charge < -0.3 is 5.32 Å². The average molecular weight is 504 g/mol. The summed E-state index contributed by atoms with van der Waals surface area (Å²) in [5.74, 6) is -0.716. The van der Waals surface area contributed by atoms with Crippen molar-refractivity contribution < 1.29 is 30.0 Å². The van der Waals surface area contributed by atoms with Crippen molar-refractivity contribution in [1.82, 2.24) is 15.0 Å². The fourth-order valence-corrected chi connectivity index (χ4v) is 6.24. The molecule has 9 nitrogen and oxygen atoms in total. The van der Waals surface area contributed by atoms with Crippen molar-refractivity contribution in [3.05, 3.63) is 53.2 Å². The molecule has 0 aliphatic carbocycles. The minimum atomic E-state index is -4.23. The zero-order chi connectivity index (χ0) is 24.7. The van der Waals surface area contributed by atoms with E-state index in [4.69, 9.17) is 0 Å². The lowest BCUT2D eigenvalue weighted by Crippen LogP contribution is -2.35. The predicted molar refractivity (Wildman–Crippen MR) is 118 cm³/mol. The van der Waals surface area contributed by atoms with Crippen molar-refractivity contribution in [2.75, 3.05) is 21.5 Å². The van der Waals surface area contributed by atoms with Gasteiger partial charge in [-0.15, -0.1) is 0 Å². The number of alkyl halides is 2. The van der Waals surface area contributed by atoms with Gasteiger partial charge in [0.05, 0.1) is 41.4 Å². The Balaban J connectivity index is 2.14. The third-order valence-electron chi connectivity index (χ3n) is 4.58. The van der Waals surface area contributed by atoms with Crippen molar-refractivity contribution in [2.24, 2.45) is 0 Å². The molecule has 0 saturated carbocycles. The number of benzene rings is 1. The number of pyridine rings is 1. The highest BCUT2D eigenvalue weighted by atomic mass is 32.3. The summed E-state index contributed by atoms with van der Waals surface area (Å²) in [7, 11) is -8.45. The normalized spacial score (nSPS) is 13.3. The summed E-state index contributed by atoms with van der Waals surface area (Å²) in [4.78, 5) is 12.4. The van der Waals surface area contributed by atoms with E-state index in [9.17, 15) is 30.0 Å². The van der Waals surface area contributed by atoms with E-state index in [-0.39, 0.29) is 37.6 Å². The third-order valence-corrected chi connectivity index (χ3v) is 7.83. The second-order valence-corrected chi connectivity index (χ2v) is 11.2. The zero-order valence-corrected chi connectivity index (χ0v) is 19.5. The van der Waals surface area contributed by atoms with Crippen LogP contribution in [0.15, 0.2) is 30.5 Å². The Hall–Kier alpha value is -3.00. The second-order valence-electron chi connectivity index (χ2n) is 7.32. The molecule has 0 bridgehead atoms. The molecular weight excluding hydrogens is 483 g/mol. The van der Waals surface area contributed by atoms with Crippen LogP contribution in [-0.2, 0) is 20.0 Å². The molecule has 33 heavy (non-hydrogen) atoms. The molecule has 1 unspecified atom stereocenters. The van der Waals surface area contributed by atoms with Gasteiger partial charge in [-0.1, -0.05) is 18.2 Å². The SMILES string of the molecule is Cc1nc(NC(C)c2cccc(C(F)F)c2F)c2cc(N(S(C)(=O)=O)S(C)(=O)=O)cnc2n1. The Bertz CT molecular complexity index is 1400. The number of nitrogens with one attached hydrogen (secondary N) is 1. The number of aromatic nitrogens is 3. The highest BCUT2D eigenvalue weighted by Gasteiger charge is 2.28. The number of fused-ring (bicyclic) bond motifs is 1. The lowest BCUT2D eigenvalue weighted by atomic mass is 10.0. The van der Waals surface area contributed by atoms with Crippen molar-refractivity contribution in [1.29, 1.82) is 0 Å². The lowest BCUT2D eigenvalue weighted by molar-refractivity contribution is 0.146. The van der Waals surface area contributed by atoms with Crippen molar-refractivity contribution in [3.8, 4) is 0 Å². The van der Waals surface area contributed by atoms with Crippen LogP contribution in [0, 0.1) is 12.7 Å². The van der Waals surface area contributed by atoms with Gasteiger partial charge in [-0.2, -0.15) is 3.71 Å². The molecule has 0 saturated heterocycles. The smallest absolute Gasteiger partial charge is 0.266 e. The Labute approximate surface area is 188 Å². The van der Waals surface area contributed by atoms with E-state index in [0.29, 0.717) is 0 Å². The highest BCUT2D eigenvalue weighted by molar-refractivity contribution is 8.09. The maximum absolute atomic E-state index is 14.6. The highest BCUT2D eigenvalue weighted by Crippen LogP contribution is 2.32. The van der Waals surface area contributed by atoms with Crippen LogP contribution in [0.4, 0.5) is 24.7 Å². The van der Waals surface area contributed by atoms with Gasteiger partial charge in [-0.25, -0.2) is 45.0 Å². The van der Waals surface area contributed by atoms with Crippen LogP contribution in [0.3, 0.4) is 0 Å². The van der Waals surface area contributed by atoms with Gasteiger partial charge in [0.25, 0.3) is 6.43 Å². The quantitative estimate of drug-likeness (QED) is 0.521. The van der Waals surface area contributed by atoms with Gasteiger partial charge in [-0.3, -0.25) is 0 Å². The molecule has 2 aromatic heterocycles. The summed E-state index contributed by atoms with van der Waals surface area (Å²) in [6.45, 7) is 3.08. The van der Waals surface area contributed by atoms with Crippen LogP contribution in [0.25, 0.3) is 11.0 Å². The molecule has 1 N–H and O–H groups in total. The summed E-state index contributed by atoms with van der Waals surface area (Å²) < 4.78 is 89.4. The third kappa shape index (κ3) is 5.16. The molecule has 0 spiro atoms. The standard InChI is InChI=1S/C19H20F3N5O4S2/c1-10(13-6-5-7-14(16(13)20)17(21)22)24-19-15-8-12(9-23-18(15)25-11(2)26-19)27(32(3,28)29)33(4,30)31/h5-10,17H,1-4H3,(H,23,24,25,26).